The largest absolute Gasteiger partial charge is 0.497 e. The van der Waals surface area contributed by atoms with E-state index in [1.807, 2.05) is 30.3 Å². The molecular formula is C17H18N2O2. The van der Waals surface area contributed by atoms with Crippen LogP contribution in [0.5, 0.6) is 11.5 Å². The van der Waals surface area contributed by atoms with Crippen molar-refractivity contribution in [1.82, 2.24) is 4.98 Å². The number of hydrogen-bond acceptors (Lipinski definition) is 3. The van der Waals surface area contributed by atoms with Gasteiger partial charge >= 0.3 is 0 Å². The zero-order chi connectivity index (χ0) is 14.7. The van der Waals surface area contributed by atoms with Crippen molar-refractivity contribution < 1.29 is 9.47 Å². The highest BCUT2D eigenvalue weighted by Gasteiger charge is 2.03. The van der Waals surface area contributed by atoms with Gasteiger partial charge in [0.05, 0.1) is 12.8 Å². The van der Waals surface area contributed by atoms with Gasteiger partial charge in [0.25, 0.3) is 0 Å². The van der Waals surface area contributed by atoms with E-state index in [0.29, 0.717) is 13.2 Å². The van der Waals surface area contributed by atoms with Gasteiger partial charge in [-0.25, -0.2) is 0 Å². The topological polar surface area (TPSA) is 60.3 Å². The molecule has 1 aromatic heterocycles. The molecule has 1 heterocycles. The summed E-state index contributed by atoms with van der Waals surface area (Å²) in [7, 11) is 1.64. The van der Waals surface area contributed by atoms with E-state index in [4.69, 9.17) is 15.2 Å². The Morgan fingerprint density at radius 3 is 2.71 bits per heavy atom. The monoisotopic (exact) mass is 282 g/mol. The molecule has 0 aliphatic carbocycles. The van der Waals surface area contributed by atoms with E-state index in [1.54, 1.807) is 7.11 Å². The van der Waals surface area contributed by atoms with E-state index in [-0.39, 0.29) is 0 Å². The summed E-state index contributed by atoms with van der Waals surface area (Å²) in [5, 5.41) is 1.16. The Hall–Kier alpha value is -2.46. The van der Waals surface area contributed by atoms with Crippen molar-refractivity contribution in [3.05, 3.63) is 59.8 Å². The molecule has 3 rings (SSSR count). The van der Waals surface area contributed by atoms with Gasteiger partial charge in [-0.3, -0.25) is 0 Å². The number of H-pyrrole nitrogens is 1. The summed E-state index contributed by atoms with van der Waals surface area (Å²) in [5.41, 5.74) is 8.89. The standard InChI is InChI=1S/C17H18N2O2/c1-20-15-3-2-4-16(9-15)21-11-14-8-13-6-5-12(10-18)7-17(13)19-14/h2-9,19H,10-11,18H2,1H3. The van der Waals surface area contributed by atoms with Crippen LogP contribution >= 0.6 is 0 Å². The van der Waals surface area contributed by atoms with Crippen LogP contribution in [0.2, 0.25) is 0 Å². The molecule has 0 saturated carbocycles. The second-order valence-corrected chi connectivity index (χ2v) is 4.89. The number of rotatable bonds is 5. The molecule has 108 valence electrons. The van der Waals surface area contributed by atoms with Gasteiger partial charge in [-0.15, -0.1) is 0 Å². The third kappa shape index (κ3) is 3.01. The van der Waals surface area contributed by atoms with Crippen molar-refractivity contribution in [2.75, 3.05) is 7.11 Å². The van der Waals surface area contributed by atoms with Gasteiger partial charge in [-0.2, -0.15) is 0 Å². The van der Waals surface area contributed by atoms with Crippen LogP contribution < -0.4 is 15.2 Å². The first-order valence-corrected chi connectivity index (χ1v) is 6.86. The summed E-state index contributed by atoms with van der Waals surface area (Å²) in [6, 6.07) is 15.9. The molecule has 3 aromatic rings. The third-order valence-corrected chi connectivity index (χ3v) is 3.41. The van der Waals surface area contributed by atoms with E-state index >= 15 is 0 Å². The minimum absolute atomic E-state index is 0.486. The van der Waals surface area contributed by atoms with E-state index in [9.17, 15) is 0 Å². The highest BCUT2D eigenvalue weighted by atomic mass is 16.5. The number of hydrogen-bond donors (Lipinski definition) is 2. The summed E-state index contributed by atoms with van der Waals surface area (Å²) in [4.78, 5) is 3.36. The van der Waals surface area contributed by atoms with Crippen molar-refractivity contribution in [1.29, 1.82) is 0 Å². The average Bonchev–Trinajstić information content (AvgIpc) is 2.95. The summed E-state index contributed by atoms with van der Waals surface area (Å²) in [6.45, 7) is 1.03. The van der Waals surface area contributed by atoms with Gasteiger partial charge in [-0.05, 0) is 35.2 Å². The molecule has 0 spiro atoms. The van der Waals surface area contributed by atoms with Crippen molar-refractivity contribution in [3.63, 3.8) is 0 Å². The number of nitrogens with one attached hydrogen (secondary N) is 1. The lowest BCUT2D eigenvalue weighted by atomic mass is 10.2. The molecule has 0 amide bonds. The number of fused-ring (bicyclic) bond motifs is 1. The molecule has 0 radical (unpaired) electrons. The molecule has 0 unspecified atom stereocenters. The molecule has 0 bridgehead atoms. The van der Waals surface area contributed by atoms with E-state index < -0.39 is 0 Å². The second-order valence-electron chi connectivity index (χ2n) is 4.89. The lowest BCUT2D eigenvalue weighted by Gasteiger charge is -2.06. The molecule has 4 nitrogen and oxygen atoms in total. The average molecular weight is 282 g/mol. The minimum Gasteiger partial charge on any atom is -0.497 e. The van der Waals surface area contributed by atoms with E-state index in [2.05, 4.69) is 23.2 Å². The minimum atomic E-state index is 0.486. The predicted molar refractivity (Wildman–Crippen MR) is 83.5 cm³/mol. The van der Waals surface area contributed by atoms with Gasteiger partial charge in [0, 0.05) is 18.1 Å². The zero-order valence-corrected chi connectivity index (χ0v) is 11.9. The Bertz CT molecular complexity index is 749. The molecule has 0 saturated heterocycles. The number of nitrogens with two attached hydrogens (primary N) is 1. The first-order chi connectivity index (χ1) is 10.3. The van der Waals surface area contributed by atoms with Crippen LogP contribution in [0.15, 0.2) is 48.5 Å². The first-order valence-electron chi connectivity index (χ1n) is 6.86. The van der Waals surface area contributed by atoms with Crippen molar-refractivity contribution >= 4 is 10.9 Å². The van der Waals surface area contributed by atoms with Crippen molar-refractivity contribution in [2.45, 2.75) is 13.2 Å². The number of aromatic amines is 1. The Balaban J connectivity index is 1.75. The van der Waals surface area contributed by atoms with Gasteiger partial charge in [0.2, 0.25) is 0 Å². The van der Waals surface area contributed by atoms with Crippen LogP contribution in [0.25, 0.3) is 10.9 Å². The van der Waals surface area contributed by atoms with Crippen LogP contribution in [-0.4, -0.2) is 12.1 Å². The van der Waals surface area contributed by atoms with Crippen LogP contribution in [0, 0.1) is 0 Å². The van der Waals surface area contributed by atoms with E-state index in [0.717, 1.165) is 33.7 Å². The van der Waals surface area contributed by atoms with Crippen molar-refractivity contribution in [3.8, 4) is 11.5 Å². The Morgan fingerprint density at radius 1 is 1.05 bits per heavy atom. The van der Waals surface area contributed by atoms with Crippen LogP contribution in [0.3, 0.4) is 0 Å². The van der Waals surface area contributed by atoms with Gasteiger partial charge in [0.15, 0.2) is 0 Å². The highest BCUT2D eigenvalue weighted by molar-refractivity contribution is 5.81. The SMILES string of the molecule is COc1cccc(OCc2cc3ccc(CN)cc3[nH]2)c1. The summed E-state index contributed by atoms with van der Waals surface area (Å²) in [6.07, 6.45) is 0. The third-order valence-electron chi connectivity index (χ3n) is 3.41. The van der Waals surface area contributed by atoms with Crippen molar-refractivity contribution in [2.24, 2.45) is 5.73 Å². The molecule has 0 atom stereocenters. The first kappa shape index (κ1) is 13.5. The Kier molecular flexibility index (Phi) is 3.79. The normalized spacial score (nSPS) is 10.8. The maximum atomic E-state index is 5.78. The fraction of sp³-hybridized carbons (Fsp3) is 0.176. The van der Waals surface area contributed by atoms with Gasteiger partial charge < -0.3 is 20.2 Å². The maximum Gasteiger partial charge on any atom is 0.128 e. The van der Waals surface area contributed by atoms with E-state index in [1.165, 1.54) is 0 Å². The fourth-order valence-electron chi connectivity index (χ4n) is 2.29. The molecule has 0 fully saturated rings. The quantitative estimate of drug-likeness (QED) is 0.755. The van der Waals surface area contributed by atoms with Crippen LogP contribution in [-0.2, 0) is 13.2 Å². The fourth-order valence-corrected chi connectivity index (χ4v) is 2.29. The maximum absolute atomic E-state index is 5.78. The lowest BCUT2D eigenvalue weighted by molar-refractivity contribution is 0.300. The number of methoxy groups -OCH3 is 1. The smallest absolute Gasteiger partial charge is 0.128 e. The number of ether oxygens (including phenoxy) is 2. The Labute approximate surface area is 123 Å². The second kappa shape index (κ2) is 5.89. The van der Waals surface area contributed by atoms with Gasteiger partial charge in [0.1, 0.15) is 18.1 Å². The molecule has 0 aliphatic rings. The molecule has 21 heavy (non-hydrogen) atoms. The van der Waals surface area contributed by atoms with Crippen LogP contribution in [0.1, 0.15) is 11.3 Å². The number of benzene rings is 2. The number of aromatic nitrogens is 1. The molecule has 0 aliphatic heterocycles. The Morgan fingerprint density at radius 2 is 1.90 bits per heavy atom. The zero-order valence-electron chi connectivity index (χ0n) is 11.9. The highest BCUT2D eigenvalue weighted by Crippen LogP contribution is 2.21. The molecule has 3 N–H and O–H groups in total. The summed E-state index contributed by atoms with van der Waals surface area (Å²) in [5.74, 6) is 1.58. The molecule has 2 aromatic carbocycles. The molecular weight excluding hydrogens is 264 g/mol. The van der Waals surface area contributed by atoms with Gasteiger partial charge in [-0.1, -0.05) is 18.2 Å². The van der Waals surface area contributed by atoms with Crippen LogP contribution in [0.4, 0.5) is 0 Å². The summed E-state index contributed by atoms with van der Waals surface area (Å²) < 4.78 is 11.0. The molecule has 4 heteroatoms. The summed E-state index contributed by atoms with van der Waals surface area (Å²) >= 11 is 0. The predicted octanol–water partition coefficient (Wildman–Crippen LogP) is 3.21. The lowest BCUT2D eigenvalue weighted by Crippen LogP contribution is -1.96.